The second-order valence-electron chi connectivity index (χ2n) is 4.62. The zero-order chi connectivity index (χ0) is 15.9. The van der Waals surface area contributed by atoms with Gasteiger partial charge >= 0.3 is 0 Å². The van der Waals surface area contributed by atoms with Gasteiger partial charge in [-0.05, 0) is 38.1 Å². The Morgan fingerprint density at radius 2 is 2.09 bits per heavy atom. The number of hydrogen-bond acceptors (Lipinski definition) is 5. The van der Waals surface area contributed by atoms with E-state index in [2.05, 4.69) is 20.5 Å². The van der Waals surface area contributed by atoms with Crippen LogP contribution in [0.2, 0.25) is 0 Å². The van der Waals surface area contributed by atoms with Crippen molar-refractivity contribution in [2.24, 2.45) is 0 Å². The van der Waals surface area contributed by atoms with Crippen LogP contribution in [0.25, 0.3) is 0 Å². The molecule has 1 aromatic carbocycles. The summed E-state index contributed by atoms with van der Waals surface area (Å²) in [7, 11) is 0. The fourth-order valence-electron chi connectivity index (χ4n) is 1.75. The Balaban J connectivity index is 1.90. The Bertz CT molecular complexity index is 612. The molecule has 6 nitrogen and oxygen atoms in total. The van der Waals surface area contributed by atoms with Gasteiger partial charge in [0.2, 0.25) is 11.1 Å². The SMILES string of the molecule is CCOc1ccc(NC(=O)C(C)Sc2n[nH]c(CC)n2)cc1. The highest BCUT2D eigenvalue weighted by Gasteiger charge is 2.17. The first kappa shape index (κ1) is 16.4. The number of aryl methyl sites for hydroxylation is 1. The lowest BCUT2D eigenvalue weighted by Gasteiger charge is -2.10. The topological polar surface area (TPSA) is 79.9 Å². The average molecular weight is 320 g/mol. The molecule has 118 valence electrons. The molecule has 7 heteroatoms. The van der Waals surface area contributed by atoms with E-state index in [0.29, 0.717) is 11.8 Å². The Labute approximate surface area is 134 Å². The number of ether oxygens (including phenoxy) is 1. The molecule has 0 bridgehead atoms. The molecule has 2 rings (SSSR count). The average Bonchev–Trinajstić information content (AvgIpc) is 2.97. The number of carbonyl (C=O) groups is 1. The van der Waals surface area contributed by atoms with Gasteiger partial charge in [0.05, 0.1) is 11.9 Å². The maximum Gasteiger partial charge on any atom is 0.237 e. The third-order valence-electron chi connectivity index (χ3n) is 2.93. The van der Waals surface area contributed by atoms with Crippen molar-refractivity contribution >= 4 is 23.4 Å². The van der Waals surface area contributed by atoms with Crippen LogP contribution in [0.1, 0.15) is 26.6 Å². The normalized spacial score (nSPS) is 12.0. The van der Waals surface area contributed by atoms with Gasteiger partial charge in [-0.25, -0.2) is 4.98 Å². The summed E-state index contributed by atoms with van der Waals surface area (Å²) in [5, 5.41) is 10.1. The van der Waals surface area contributed by atoms with E-state index in [-0.39, 0.29) is 11.2 Å². The minimum Gasteiger partial charge on any atom is -0.494 e. The van der Waals surface area contributed by atoms with Gasteiger partial charge in [0, 0.05) is 12.1 Å². The number of thioether (sulfide) groups is 1. The van der Waals surface area contributed by atoms with Crippen molar-refractivity contribution in [3.05, 3.63) is 30.1 Å². The molecule has 2 aromatic rings. The van der Waals surface area contributed by atoms with Crippen LogP contribution in [0.5, 0.6) is 5.75 Å². The number of aromatic amines is 1. The monoisotopic (exact) mass is 320 g/mol. The van der Waals surface area contributed by atoms with E-state index < -0.39 is 0 Å². The minimum absolute atomic E-state index is 0.0861. The third-order valence-corrected chi connectivity index (χ3v) is 3.89. The summed E-state index contributed by atoms with van der Waals surface area (Å²) in [5.41, 5.74) is 0.741. The molecule has 0 aliphatic carbocycles. The van der Waals surface area contributed by atoms with Crippen LogP contribution in [0.15, 0.2) is 29.4 Å². The van der Waals surface area contributed by atoms with Gasteiger partial charge < -0.3 is 10.1 Å². The summed E-state index contributed by atoms with van der Waals surface area (Å²) >= 11 is 1.33. The number of aromatic nitrogens is 3. The lowest BCUT2D eigenvalue weighted by molar-refractivity contribution is -0.115. The van der Waals surface area contributed by atoms with Gasteiger partial charge in [-0.3, -0.25) is 9.89 Å². The number of rotatable bonds is 7. The number of H-pyrrole nitrogens is 1. The molecule has 0 spiro atoms. The van der Waals surface area contributed by atoms with Crippen LogP contribution in [0.4, 0.5) is 5.69 Å². The first-order valence-corrected chi connectivity index (χ1v) is 8.12. The lowest BCUT2D eigenvalue weighted by Crippen LogP contribution is -2.22. The number of carbonyl (C=O) groups excluding carboxylic acids is 1. The number of benzene rings is 1. The maximum absolute atomic E-state index is 12.2. The predicted molar refractivity (Wildman–Crippen MR) is 87.3 cm³/mol. The summed E-state index contributed by atoms with van der Waals surface area (Å²) in [6.07, 6.45) is 0.792. The van der Waals surface area contributed by atoms with E-state index >= 15 is 0 Å². The van der Waals surface area contributed by atoms with Crippen LogP contribution in [0.3, 0.4) is 0 Å². The Morgan fingerprint density at radius 3 is 2.68 bits per heavy atom. The molecule has 0 saturated heterocycles. The van der Waals surface area contributed by atoms with Crippen molar-refractivity contribution in [1.82, 2.24) is 15.2 Å². The summed E-state index contributed by atoms with van der Waals surface area (Å²) in [5.74, 6) is 1.52. The van der Waals surface area contributed by atoms with E-state index in [1.165, 1.54) is 11.8 Å². The van der Waals surface area contributed by atoms with Crippen molar-refractivity contribution in [2.45, 2.75) is 37.6 Å². The van der Waals surface area contributed by atoms with E-state index in [1.54, 1.807) is 0 Å². The van der Waals surface area contributed by atoms with Crippen LogP contribution < -0.4 is 10.1 Å². The van der Waals surface area contributed by atoms with Crippen LogP contribution >= 0.6 is 11.8 Å². The number of hydrogen-bond donors (Lipinski definition) is 2. The van der Waals surface area contributed by atoms with Gasteiger partial charge in [-0.2, -0.15) is 0 Å². The maximum atomic E-state index is 12.2. The molecule has 1 heterocycles. The van der Waals surface area contributed by atoms with E-state index in [4.69, 9.17) is 4.74 Å². The van der Waals surface area contributed by atoms with Crippen molar-refractivity contribution in [3.63, 3.8) is 0 Å². The molecule has 0 radical (unpaired) electrons. The molecular formula is C15H20N4O2S. The molecule has 0 fully saturated rings. The van der Waals surface area contributed by atoms with Gasteiger partial charge in [0.1, 0.15) is 11.6 Å². The van der Waals surface area contributed by atoms with Gasteiger partial charge in [-0.1, -0.05) is 18.7 Å². The smallest absolute Gasteiger partial charge is 0.237 e. The van der Waals surface area contributed by atoms with Crippen molar-refractivity contribution in [2.75, 3.05) is 11.9 Å². The molecule has 1 unspecified atom stereocenters. The quantitative estimate of drug-likeness (QED) is 0.767. The largest absolute Gasteiger partial charge is 0.494 e. The van der Waals surface area contributed by atoms with Gasteiger partial charge in [0.25, 0.3) is 0 Å². The number of nitrogens with zero attached hydrogens (tertiary/aromatic N) is 2. The zero-order valence-corrected chi connectivity index (χ0v) is 13.7. The highest BCUT2D eigenvalue weighted by atomic mass is 32.2. The molecule has 1 amide bonds. The molecule has 1 atom stereocenters. The van der Waals surface area contributed by atoms with Crippen molar-refractivity contribution in [1.29, 1.82) is 0 Å². The van der Waals surface area contributed by atoms with Crippen molar-refractivity contribution in [3.8, 4) is 5.75 Å². The fraction of sp³-hybridized carbons (Fsp3) is 0.400. The molecule has 22 heavy (non-hydrogen) atoms. The Morgan fingerprint density at radius 1 is 1.36 bits per heavy atom. The summed E-state index contributed by atoms with van der Waals surface area (Å²) < 4.78 is 5.37. The van der Waals surface area contributed by atoms with Gasteiger partial charge in [-0.15, -0.1) is 5.10 Å². The Kier molecular flexibility index (Phi) is 5.83. The van der Waals surface area contributed by atoms with E-state index in [1.807, 2.05) is 45.0 Å². The van der Waals surface area contributed by atoms with Gasteiger partial charge in [0.15, 0.2) is 0 Å². The molecule has 0 saturated carbocycles. The van der Waals surface area contributed by atoms with Crippen molar-refractivity contribution < 1.29 is 9.53 Å². The highest BCUT2D eigenvalue weighted by Crippen LogP contribution is 2.21. The summed E-state index contributed by atoms with van der Waals surface area (Å²) in [6, 6.07) is 7.31. The molecule has 0 aliphatic heterocycles. The Hall–Kier alpha value is -2.02. The molecule has 2 N–H and O–H groups in total. The standard InChI is InChI=1S/C15H20N4O2S/c1-4-13-17-15(19-18-13)22-10(3)14(20)16-11-6-8-12(9-7-11)21-5-2/h6-10H,4-5H2,1-3H3,(H,16,20)(H,17,18,19). The zero-order valence-electron chi connectivity index (χ0n) is 12.9. The molecular weight excluding hydrogens is 300 g/mol. The predicted octanol–water partition coefficient (Wildman–Crippen LogP) is 2.89. The molecule has 1 aromatic heterocycles. The van der Waals surface area contributed by atoms with E-state index in [9.17, 15) is 4.79 Å². The number of nitrogens with one attached hydrogen (secondary N) is 2. The second-order valence-corrected chi connectivity index (χ2v) is 5.93. The first-order valence-electron chi connectivity index (χ1n) is 7.24. The second kappa shape index (κ2) is 7.84. The molecule has 0 aliphatic rings. The highest BCUT2D eigenvalue weighted by molar-refractivity contribution is 8.00. The van der Waals surface area contributed by atoms with E-state index in [0.717, 1.165) is 23.7 Å². The fourth-order valence-corrected chi connectivity index (χ4v) is 2.49. The number of amides is 1. The first-order chi connectivity index (χ1) is 10.6. The van der Waals surface area contributed by atoms with Crippen LogP contribution in [0, 0.1) is 0 Å². The van der Waals surface area contributed by atoms with Crippen LogP contribution in [-0.4, -0.2) is 32.9 Å². The minimum atomic E-state index is -0.285. The third kappa shape index (κ3) is 4.49. The van der Waals surface area contributed by atoms with Crippen LogP contribution in [-0.2, 0) is 11.2 Å². The lowest BCUT2D eigenvalue weighted by atomic mass is 10.3. The summed E-state index contributed by atoms with van der Waals surface area (Å²) in [4.78, 5) is 16.5. The summed E-state index contributed by atoms with van der Waals surface area (Å²) in [6.45, 7) is 6.38. The number of anilines is 1.